The van der Waals surface area contributed by atoms with Gasteiger partial charge in [-0.3, -0.25) is 0 Å². The van der Waals surface area contributed by atoms with Crippen molar-refractivity contribution < 1.29 is 18.6 Å². The van der Waals surface area contributed by atoms with E-state index < -0.39 is 12.2 Å². The molecule has 0 spiro atoms. The summed E-state index contributed by atoms with van der Waals surface area (Å²) >= 11 is 1.55. The average Bonchev–Trinajstić information content (AvgIpc) is 2.30. The van der Waals surface area contributed by atoms with Crippen molar-refractivity contribution in [2.24, 2.45) is 0 Å². The summed E-state index contributed by atoms with van der Waals surface area (Å²) in [6.07, 6.45) is 1.92. The number of alkyl halides is 2. The van der Waals surface area contributed by atoms with E-state index in [1.54, 1.807) is 36.9 Å². The van der Waals surface area contributed by atoms with Gasteiger partial charge < -0.3 is 15.2 Å². The van der Waals surface area contributed by atoms with Crippen LogP contribution in [0.2, 0.25) is 0 Å². The zero-order valence-electron chi connectivity index (χ0n) is 11.0. The molecule has 0 heterocycles. The molecule has 1 unspecified atom stereocenters. The maximum Gasteiger partial charge on any atom is 0.387 e. The molecule has 6 heteroatoms. The molecule has 0 fully saturated rings. The van der Waals surface area contributed by atoms with Crippen molar-refractivity contribution in [1.82, 2.24) is 5.32 Å². The van der Waals surface area contributed by atoms with E-state index in [-0.39, 0.29) is 5.75 Å². The number of hydrogen-bond acceptors (Lipinski definition) is 4. The molecule has 1 aromatic carbocycles. The Morgan fingerprint density at radius 1 is 1.42 bits per heavy atom. The van der Waals surface area contributed by atoms with Crippen molar-refractivity contribution in [3.05, 3.63) is 29.8 Å². The van der Waals surface area contributed by atoms with Gasteiger partial charge in [-0.2, -0.15) is 20.5 Å². The van der Waals surface area contributed by atoms with E-state index in [2.05, 4.69) is 10.1 Å². The van der Waals surface area contributed by atoms with Gasteiger partial charge in [0.05, 0.1) is 5.60 Å². The van der Waals surface area contributed by atoms with Crippen molar-refractivity contribution in [1.29, 1.82) is 0 Å². The highest BCUT2D eigenvalue weighted by atomic mass is 32.2. The second-order valence-corrected chi connectivity index (χ2v) is 5.39. The lowest BCUT2D eigenvalue weighted by Gasteiger charge is -2.23. The van der Waals surface area contributed by atoms with Crippen LogP contribution in [-0.4, -0.2) is 35.9 Å². The van der Waals surface area contributed by atoms with Crippen molar-refractivity contribution >= 4 is 11.8 Å². The first-order valence-corrected chi connectivity index (χ1v) is 7.29. The largest absolute Gasteiger partial charge is 0.434 e. The van der Waals surface area contributed by atoms with E-state index >= 15 is 0 Å². The first-order valence-electron chi connectivity index (χ1n) is 5.89. The average molecular weight is 291 g/mol. The second kappa shape index (κ2) is 7.67. The molecule has 2 N–H and O–H groups in total. The Morgan fingerprint density at radius 3 is 2.74 bits per heavy atom. The molecular formula is C13H19F2NO2S. The van der Waals surface area contributed by atoms with Crippen LogP contribution in [0, 0.1) is 0 Å². The first kappa shape index (κ1) is 16.2. The zero-order valence-corrected chi connectivity index (χ0v) is 11.8. The van der Waals surface area contributed by atoms with Gasteiger partial charge >= 0.3 is 6.61 Å². The predicted molar refractivity (Wildman–Crippen MR) is 73.8 cm³/mol. The molecule has 0 aromatic heterocycles. The molecule has 108 valence electrons. The van der Waals surface area contributed by atoms with E-state index in [1.165, 1.54) is 6.07 Å². The molecule has 0 amide bonds. The number of thioether (sulfide) groups is 1. The quantitative estimate of drug-likeness (QED) is 0.772. The standard InChI is InChI=1S/C13H19F2NO2S/c1-13(17,9-19-2)8-16-7-10-5-3-4-6-11(10)18-12(14)15/h3-6,12,16-17H,7-9H2,1-2H3. The number of halogens is 2. The molecular weight excluding hydrogens is 272 g/mol. The van der Waals surface area contributed by atoms with Gasteiger partial charge in [-0.15, -0.1) is 0 Å². The van der Waals surface area contributed by atoms with Gasteiger partial charge in [-0.25, -0.2) is 0 Å². The molecule has 1 aromatic rings. The minimum atomic E-state index is -2.83. The summed E-state index contributed by atoms with van der Waals surface area (Å²) in [4.78, 5) is 0. The highest BCUT2D eigenvalue weighted by Gasteiger charge is 2.19. The zero-order chi connectivity index (χ0) is 14.3. The Balaban J connectivity index is 2.53. The van der Waals surface area contributed by atoms with Crippen LogP contribution >= 0.6 is 11.8 Å². The lowest BCUT2D eigenvalue weighted by atomic mass is 10.1. The minimum absolute atomic E-state index is 0.162. The third-order valence-corrected chi connectivity index (χ3v) is 3.38. The monoisotopic (exact) mass is 291 g/mol. The maximum atomic E-state index is 12.2. The Morgan fingerprint density at radius 2 is 2.11 bits per heavy atom. The van der Waals surface area contributed by atoms with Crippen LogP contribution in [0.3, 0.4) is 0 Å². The molecule has 1 rings (SSSR count). The van der Waals surface area contributed by atoms with E-state index in [4.69, 9.17) is 0 Å². The predicted octanol–water partition coefficient (Wildman–Crippen LogP) is 2.49. The fourth-order valence-electron chi connectivity index (χ4n) is 1.69. The van der Waals surface area contributed by atoms with Crippen LogP contribution in [0.4, 0.5) is 8.78 Å². The summed E-state index contributed by atoms with van der Waals surface area (Å²) in [6, 6.07) is 6.62. The number of hydrogen-bond donors (Lipinski definition) is 2. The summed E-state index contributed by atoms with van der Waals surface area (Å²) in [5, 5.41) is 13.0. The summed E-state index contributed by atoms with van der Waals surface area (Å²) in [6.45, 7) is -0.344. The van der Waals surface area contributed by atoms with Crippen LogP contribution in [0.15, 0.2) is 24.3 Å². The highest BCUT2D eigenvalue weighted by Crippen LogP contribution is 2.20. The molecule has 3 nitrogen and oxygen atoms in total. The van der Waals surface area contributed by atoms with Crippen molar-refractivity contribution in [2.45, 2.75) is 25.7 Å². The molecule has 1 atom stereocenters. The lowest BCUT2D eigenvalue weighted by Crippen LogP contribution is -2.39. The number of aliphatic hydroxyl groups is 1. The molecule has 0 radical (unpaired) electrons. The van der Waals surface area contributed by atoms with E-state index in [0.29, 0.717) is 24.4 Å². The van der Waals surface area contributed by atoms with Crippen LogP contribution in [0.25, 0.3) is 0 Å². The number of ether oxygens (including phenoxy) is 1. The smallest absolute Gasteiger partial charge is 0.387 e. The summed E-state index contributed by atoms with van der Waals surface area (Å²) < 4.78 is 28.9. The van der Waals surface area contributed by atoms with E-state index in [1.807, 2.05) is 6.26 Å². The number of nitrogens with one attached hydrogen (secondary N) is 1. The van der Waals surface area contributed by atoms with Gasteiger partial charge in [0.1, 0.15) is 5.75 Å². The van der Waals surface area contributed by atoms with Crippen LogP contribution in [0.1, 0.15) is 12.5 Å². The van der Waals surface area contributed by atoms with Gasteiger partial charge in [0.15, 0.2) is 0 Å². The molecule has 0 bridgehead atoms. The van der Waals surface area contributed by atoms with Crippen LogP contribution in [-0.2, 0) is 6.54 Å². The highest BCUT2D eigenvalue weighted by molar-refractivity contribution is 7.98. The fourth-order valence-corrected chi connectivity index (χ4v) is 2.41. The summed E-state index contributed by atoms with van der Waals surface area (Å²) in [7, 11) is 0. The summed E-state index contributed by atoms with van der Waals surface area (Å²) in [5.41, 5.74) is -0.180. The molecule has 0 saturated heterocycles. The molecule has 0 aliphatic rings. The normalized spacial score (nSPS) is 14.4. The second-order valence-electron chi connectivity index (χ2n) is 4.52. The van der Waals surface area contributed by atoms with Crippen LogP contribution in [0.5, 0.6) is 5.75 Å². The van der Waals surface area contributed by atoms with Gasteiger partial charge in [0.2, 0.25) is 0 Å². The van der Waals surface area contributed by atoms with Crippen molar-refractivity contribution in [3.63, 3.8) is 0 Å². The van der Waals surface area contributed by atoms with Gasteiger partial charge in [-0.1, -0.05) is 18.2 Å². The Bertz CT molecular complexity index is 389. The molecule has 0 aliphatic heterocycles. The summed E-state index contributed by atoms with van der Waals surface area (Å²) in [5.74, 6) is 0.768. The minimum Gasteiger partial charge on any atom is -0.434 e. The topological polar surface area (TPSA) is 41.5 Å². The maximum absolute atomic E-state index is 12.2. The Labute approximate surface area is 116 Å². The Hall–Kier alpha value is -0.850. The number of rotatable bonds is 8. The number of para-hydroxylation sites is 1. The first-order chi connectivity index (χ1) is 8.94. The van der Waals surface area contributed by atoms with E-state index in [0.717, 1.165) is 0 Å². The third-order valence-electron chi connectivity index (χ3n) is 2.47. The Kier molecular flexibility index (Phi) is 6.54. The van der Waals surface area contributed by atoms with Crippen molar-refractivity contribution in [3.8, 4) is 5.75 Å². The molecule has 0 aliphatic carbocycles. The lowest BCUT2D eigenvalue weighted by molar-refractivity contribution is -0.0505. The SMILES string of the molecule is CSCC(C)(O)CNCc1ccccc1OC(F)F. The van der Waals surface area contributed by atoms with Crippen LogP contribution < -0.4 is 10.1 Å². The van der Waals surface area contributed by atoms with Gasteiger partial charge in [0, 0.05) is 24.4 Å². The number of benzene rings is 1. The van der Waals surface area contributed by atoms with E-state index in [9.17, 15) is 13.9 Å². The van der Waals surface area contributed by atoms with Gasteiger partial charge in [-0.05, 0) is 19.2 Å². The molecule has 19 heavy (non-hydrogen) atoms. The fraction of sp³-hybridized carbons (Fsp3) is 0.538. The molecule has 0 saturated carbocycles. The third kappa shape index (κ3) is 6.22. The van der Waals surface area contributed by atoms with Gasteiger partial charge in [0.25, 0.3) is 0 Å². The van der Waals surface area contributed by atoms with Crippen molar-refractivity contribution in [2.75, 3.05) is 18.6 Å².